The van der Waals surface area contributed by atoms with Crippen molar-refractivity contribution < 1.29 is 0 Å². The largest absolute Gasteiger partial charge is 0.361 e. The highest BCUT2D eigenvalue weighted by Crippen LogP contribution is 2.23. The second-order valence-corrected chi connectivity index (χ2v) is 3.29. The summed E-state index contributed by atoms with van der Waals surface area (Å²) >= 11 is 5.94. The van der Waals surface area contributed by atoms with Gasteiger partial charge >= 0.3 is 0 Å². The fraction of sp³-hybridized carbons (Fsp3) is 0.200. The summed E-state index contributed by atoms with van der Waals surface area (Å²) in [5.74, 6) is 0. The summed E-state index contributed by atoms with van der Waals surface area (Å²) in [6, 6.07) is 6.07. The number of H-pyrrole nitrogens is 1. The van der Waals surface area contributed by atoms with Crippen LogP contribution in [0.15, 0.2) is 24.4 Å². The maximum Gasteiger partial charge on any atom is 0.0471 e. The second kappa shape index (κ2) is 2.83. The minimum atomic E-state index is 0.807. The molecule has 0 saturated carbocycles. The van der Waals surface area contributed by atoms with Crippen molar-refractivity contribution in [1.29, 1.82) is 0 Å². The first-order valence-corrected chi connectivity index (χ1v) is 4.44. The van der Waals surface area contributed by atoms with E-state index in [2.05, 4.69) is 18.0 Å². The highest BCUT2D eigenvalue weighted by atomic mass is 35.5. The van der Waals surface area contributed by atoms with Crippen molar-refractivity contribution in [2.24, 2.45) is 0 Å². The van der Waals surface area contributed by atoms with Gasteiger partial charge in [-0.2, -0.15) is 0 Å². The Kier molecular flexibility index (Phi) is 1.81. The van der Waals surface area contributed by atoms with Gasteiger partial charge in [0.15, 0.2) is 0 Å². The maximum absolute atomic E-state index is 5.94. The van der Waals surface area contributed by atoms with Gasteiger partial charge in [0.2, 0.25) is 0 Å². The number of hydrogen-bond acceptors (Lipinski definition) is 0. The van der Waals surface area contributed by atoms with Crippen molar-refractivity contribution in [3.63, 3.8) is 0 Å². The lowest BCUT2D eigenvalue weighted by atomic mass is 10.1. The van der Waals surface area contributed by atoms with Crippen LogP contribution in [0.4, 0.5) is 0 Å². The first-order chi connectivity index (χ1) is 5.81. The van der Waals surface area contributed by atoms with Gasteiger partial charge in [-0.3, -0.25) is 0 Å². The van der Waals surface area contributed by atoms with E-state index in [1.807, 2.05) is 18.3 Å². The zero-order valence-electron chi connectivity index (χ0n) is 6.89. The summed E-state index contributed by atoms with van der Waals surface area (Å²) in [6.07, 6.45) is 2.97. The molecule has 0 saturated heterocycles. The van der Waals surface area contributed by atoms with Gasteiger partial charge in [-0.15, -0.1) is 0 Å². The molecule has 12 heavy (non-hydrogen) atoms. The third kappa shape index (κ3) is 1.10. The van der Waals surface area contributed by atoms with Gasteiger partial charge < -0.3 is 4.98 Å². The fourth-order valence-electron chi connectivity index (χ4n) is 1.50. The molecular formula is C10H10ClN. The lowest BCUT2D eigenvalue weighted by Gasteiger charge is -1.99. The third-order valence-electron chi connectivity index (χ3n) is 2.10. The molecule has 0 unspecified atom stereocenters. The van der Waals surface area contributed by atoms with Crippen LogP contribution in [0.5, 0.6) is 0 Å². The Labute approximate surface area is 76.4 Å². The molecule has 2 heteroatoms. The molecular weight excluding hydrogens is 170 g/mol. The summed E-state index contributed by atoms with van der Waals surface area (Å²) in [7, 11) is 0. The molecule has 2 aromatic rings. The SMILES string of the molecule is CCc1cc(Cl)cc2[nH]ccc12. The molecule has 2 rings (SSSR count). The van der Waals surface area contributed by atoms with Gasteiger partial charge in [0.05, 0.1) is 0 Å². The van der Waals surface area contributed by atoms with Crippen molar-refractivity contribution in [2.75, 3.05) is 0 Å². The lowest BCUT2D eigenvalue weighted by molar-refractivity contribution is 1.16. The van der Waals surface area contributed by atoms with E-state index in [-0.39, 0.29) is 0 Å². The lowest BCUT2D eigenvalue weighted by Crippen LogP contribution is -1.81. The van der Waals surface area contributed by atoms with E-state index >= 15 is 0 Å². The van der Waals surface area contributed by atoms with E-state index in [1.54, 1.807) is 0 Å². The number of fused-ring (bicyclic) bond motifs is 1. The van der Waals surface area contributed by atoms with E-state index in [0.717, 1.165) is 17.0 Å². The Bertz CT molecular complexity index is 403. The predicted molar refractivity (Wildman–Crippen MR) is 52.7 cm³/mol. The molecule has 0 aliphatic rings. The van der Waals surface area contributed by atoms with E-state index < -0.39 is 0 Å². The van der Waals surface area contributed by atoms with Crippen molar-refractivity contribution in [2.45, 2.75) is 13.3 Å². The first-order valence-electron chi connectivity index (χ1n) is 4.07. The molecule has 0 atom stereocenters. The molecule has 0 bridgehead atoms. The van der Waals surface area contributed by atoms with E-state index in [9.17, 15) is 0 Å². The average Bonchev–Trinajstić information content (AvgIpc) is 2.50. The number of benzene rings is 1. The van der Waals surface area contributed by atoms with Crippen LogP contribution in [0, 0.1) is 0 Å². The zero-order valence-corrected chi connectivity index (χ0v) is 7.65. The highest BCUT2D eigenvalue weighted by Gasteiger charge is 2.01. The summed E-state index contributed by atoms with van der Waals surface area (Å²) < 4.78 is 0. The van der Waals surface area contributed by atoms with Crippen molar-refractivity contribution in [1.82, 2.24) is 4.98 Å². The molecule has 62 valence electrons. The summed E-state index contributed by atoms with van der Waals surface area (Å²) in [5.41, 5.74) is 2.43. The fourth-order valence-corrected chi connectivity index (χ4v) is 1.74. The number of rotatable bonds is 1. The smallest absolute Gasteiger partial charge is 0.0471 e. The van der Waals surface area contributed by atoms with Crippen molar-refractivity contribution >= 4 is 22.5 Å². The summed E-state index contributed by atoms with van der Waals surface area (Å²) in [4.78, 5) is 3.15. The molecule has 1 N–H and O–H groups in total. The van der Waals surface area contributed by atoms with E-state index in [4.69, 9.17) is 11.6 Å². The monoisotopic (exact) mass is 179 g/mol. The van der Waals surface area contributed by atoms with Crippen molar-refractivity contribution in [3.8, 4) is 0 Å². The summed E-state index contributed by atoms with van der Waals surface area (Å²) in [6.45, 7) is 2.14. The molecule has 1 nitrogen and oxygen atoms in total. The van der Waals surface area contributed by atoms with Crippen LogP contribution >= 0.6 is 11.6 Å². The average molecular weight is 180 g/mol. The molecule has 1 aromatic heterocycles. The standard InChI is InChI=1S/C10H10ClN/c1-2-7-5-8(11)6-10-9(7)3-4-12-10/h3-6,12H,2H2,1H3. The van der Waals surface area contributed by atoms with Crippen molar-refractivity contribution in [3.05, 3.63) is 35.0 Å². The molecule has 0 radical (unpaired) electrons. The predicted octanol–water partition coefficient (Wildman–Crippen LogP) is 3.38. The van der Waals surface area contributed by atoms with Crippen LogP contribution in [-0.2, 0) is 6.42 Å². The molecule has 0 amide bonds. The Morgan fingerprint density at radius 1 is 1.42 bits per heavy atom. The van der Waals surface area contributed by atoms with E-state index in [1.165, 1.54) is 10.9 Å². The number of hydrogen-bond donors (Lipinski definition) is 1. The van der Waals surface area contributed by atoms with Crippen LogP contribution in [0.3, 0.4) is 0 Å². The van der Waals surface area contributed by atoms with E-state index in [0.29, 0.717) is 0 Å². The molecule has 0 aliphatic carbocycles. The Hall–Kier alpha value is -0.950. The Morgan fingerprint density at radius 3 is 3.00 bits per heavy atom. The number of aromatic nitrogens is 1. The van der Waals surface area contributed by atoms with Crippen LogP contribution in [-0.4, -0.2) is 4.98 Å². The summed E-state index contributed by atoms with van der Waals surface area (Å²) in [5, 5.41) is 2.09. The molecule has 1 heterocycles. The highest BCUT2D eigenvalue weighted by molar-refractivity contribution is 6.31. The Morgan fingerprint density at radius 2 is 2.25 bits per heavy atom. The number of aryl methyl sites for hydroxylation is 1. The van der Waals surface area contributed by atoms with Crippen LogP contribution in [0.2, 0.25) is 5.02 Å². The minimum Gasteiger partial charge on any atom is -0.361 e. The van der Waals surface area contributed by atoms with Gasteiger partial charge in [-0.1, -0.05) is 18.5 Å². The zero-order chi connectivity index (χ0) is 8.55. The number of aromatic amines is 1. The molecule has 0 aliphatic heterocycles. The maximum atomic E-state index is 5.94. The first kappa shape index (κ1) is 7.69. The normalized spacial score (nSPS) is 10.8. The number of nitrogens with one attached hydrogen (secondary N) is 1. The molecule has 1 aromatic carbocycles. The van der Waals surface area contributed by atoms with Crippen LogP contribution in [0.25, 0.3) is 10.9 Å². The topological polar surface area (TPSA) is 15.8 Å². The second-order valence-electron chi connectivity index (χ2n) is 2.86. The minimum absolute atomic E-state index is 0.807. The van der Waals surface area contributed by atoms with Gasteiger partial charge in [-0.05, 0) is 30.2 Å². The van der Waals surface area contributed by atoms with Crippen LogP contribution < -0.4 is 0 Å². The van der Waals surface area contributed by atoms with Gasteiger partial charge in [0, 0.05) is 22.1 Å². The molecule has 0 spiro atoms. The van der Waals surface area contributed by atoms with Gasteiger partial charge in [0.25, 0.3) is 0 Å². The van der Waals surface area contributed by atoms with Gasteiger partial charge in [0.1, 0.15) is 0 Å². The Balaban J connectivity index is 2.80. The number of halogens is 1. The third-order valence-corrected chi connectivity index (χ3v) is 2.32. The molecule has 0 fully saturated rings. The van der Waals surface area contributed by atoms with Crippen LogP contribution in [0.1, 0.15) is 12.5 Å². The van der Waals surface area contributed by atoms with Gasteiger partial charge in [-0.25, -0.2) is 0 Å². The quantitative estimate of drug-likeness (QED) is 0.691.